The van der Waals surface area contributed by atoms with Crippen LogP contribution in [0.25, 0.3) is 0 Å². The number of carbonyl (C=O) groups excluding carboxylic acids is 1. The molecule has 0 aromatic heterocycles. The minimum absolute atomic E-state index is 0.142. The van der Waals surface area contributed by atoms with Gasteiger partial charge in [0.1, 0.15) is 5.60 Å². The van der Waals surface area contributed by atoms with Gasteiger partial charge in [0.25, 0.3) is 0 Å². The van der Waals surface area contributed by atoms with Crippen LogP contribution in [0.15, 0.2) is 28.7 Å². The van der Waals surface area contributed by atoms with E-state index in [0.29, 0.717) is 6.42 Å². The summed E-state index contributed by atoms with van der Waals surface area (Å²) in [6, 6.07) is 8.23. The maximum atomic E-state index is 10.9. The number of hydrogen-bond acceptors (Lipinski definition) is 3. The molecule has 1 unspecified atom stereocenters. The molecule has 1 aromatic rings. The molecule has 2 rings (SSSR count). The fourth-order valence-electron chi connectivity index (χ4n) is 2.02. The highest BCUT2D eigenvalue weighted by atomic mass is 79.9. The summed E-state index contributed by atoms with van der Waals surface area (Å²) in [5.74, 6) is 0. The van der Waals surface area contributed by atoms with Crippen LogP contribution in [0.4, 0.5) is 0 Å². The van der Waals surface area contributed by atoms with Gasteiger partial charge >= 0.3 is 0 Å². The third kappa shape index (κ3) is 2.19. The number of nitrogens with zero attached hydrogens (tertiary/aromatic N) is 1. The number of carbonyl (C=O) groups is 1. The van der Waals surface area contributed by atoms with Gasteiger partial charge < -0.3 is 4.79 Å². The first-order chi connectivity index (χ1) is 7.54. The van der Waals surface area contributed by atoms with E-state index in [1.54, 1.807) is 5.06 Å². The average Bonchev–Trinajstić information content (AvgIpc) is 2.57. The van der Waals surface area contributed by atoms with Gasteiger partial charge in [-0.2, -0.15) is 5.06 Å². The van der Waals surface area contributed by atoms with Gasteiger partial charge in [0.2, 0.25) is 0 Å². The van der Waals surface area contributed by atoms with Crippen LogP contribution in [0.1, 0.15) is 24.9 Å². The quantitative estimate of drug-likeness (QED) is 0.782. The average molecular weight is 284 g/mol. The second kappa shape index (κ2) is 4.28. The Bertz CT molecular complexity index is 393. The molecule has 1 aromatic carbocycles. The van der Waals surface area contributed by atoms with Crippen molar-refractivity contribution in [3.63, 3.8) is 0 Å². The Morgan fingerprint density at radius 3 is 2.62 bits per heavy atom. The highest BCUT2D eigenvalue weighted by Crippen LogP contribution is 2.38. The molecule has 0 N–H and O–H groups in total. The first-order valence-corrected chi connectivity index (χ1v) is 5.97. The molecule has 2 atom stereocenters. The molecule has 0 spiro atoms. The van der Waals surface area contributed by atoms with Gasteiger partial charge in [0, 0.05) is 17.9 Å². The van der Waals surface area contributed by atoms with E-state index in [0.717, 1.165) is 16.3 Å². The normalized spacial score (nSPS) is 30.6. The molecule has 1 fully saturated rings. The summed E-state index contributed by atoms with van der Waals surface area (Å²) in [5.41, 5.74) is 0.475. The molecular formula is C12H14BrNO2. The smallest absolute Gasteiger partial charge is 0.153 e. The van der Waals surface area contributed by atoms with Crippen LogP contribution in [0.3, 0.4) is 0 Å². The van der Waals surface area contributed by atoms with Gasteiger partial charge in [-0.1, -0.05) is 28.1 Å². The van der Waals surface area contributed by atoms with Crippen molar-refractivity contribution in [1.82, 2.24) is 5.06 Å². The molecule has 0 amide bonds. The first-order valence-electron chi connectivity index (χ1n) is 5.18. The van der Waals surface area contributed by atoms with Crippen molar-refractivity contribution >= 4 is 22.2 Å². The van der Waals surface area contributed by atoms with Crippen LogP contribution in [-0.4, -0.2) is 24.0 Å². The van der Waals surface area contributed by atoms with E-state index in [-0.39, 0.29) is 6.04 Å². The number of aldehydes is 1. The fraction of sp³-hybridized carbons (Fsp3) is 0.417. The van der Waals surface area contributed by atoms with Crippen LogP contribution in [-0.2, 0) is 9.63 Å². The molecule has 1 aliphatic heterocycles. The van der Waals surface area contributed by atoms with Gasteiger partial charge in [-0.05, 0) is 24.6 Å². The number of rotatable bonds is 2. The number of halogens is 1. The highest BCUT2D eigenvalue weighted by molar-refractivity contribution is 9.10. The molecule has 0 saturated carbocycles. The van der Waals surface area contributed by atoms with Crippen molar-refractivity contribution in [2.24, 2.45) is 0 Å². The monoisotopic (exact) mass is 283 g/mol. The molecule has 0 radical (unpaired) electrons. The van der Waals surface area contributed by atoms with Gasteiger partial charge in [-0.3, -0.25) is 4.84 Å². The topological polar surface area (TPSA) is 29.5 Å². The van der Waals surface area contributed by atoms with E-state index in [1.165, 1.54) is 0 Å². The third-order valence-electron chi connectivity index (χ3n) is 2.89. The largest absolute Gasteiger partial charge is 0.300 e. The second-order valence-corrected chi connectivity index (χ2v) is 5.26. The van der Waals surface area contributed by atoms with Crippen molar-refractivity contribution in [2.75, 3.05) is 7.05 Å². The molecule has 1 saturated heterocycles. The van der Waals surface area contributed by atoms with E-state index < -0.39 is 5.60 Å². The number of hydroxylamine groups is 2. The van der Waals surface area contributed by atoms with Gasteiger partial charge in [-0.25, -0.2) is 0 Å². The lowest BCUT2D eigenvalue weighted by Crippen LogP contribution is -2.27. The van der Waals surface area contributed by atoms with Crippen LogP contribution in [0.2, 0.25) is 0 Å². The maximum Gasteiger partial charge on any atom is 0.153 e. The molecule has 4 heteroatoms. The lowest BCUT2D eigenvalue weighted by Gasteiger charge is -2.18. The van der Waals surface area contributed by atoms with Crippen LogP contribution in [0.5, 0.6) is 0 Å². The lowest BCUT2D eigenvalue weighted by atomic mass is 9.95. The summed E-state index contributed by atoms with van der Waals surface area (Å²) in [6.45, 7) is 1.81. The standard InChI is InChI=1S/C12H14BrNO2/c1-12(8-15)7-11(14(2)16-12)9-3-5-10(13)6-4-9/h3-6,8,11H,7H2,1-2H3/t11?,12-/m0/s1. The SMILES string of the molecule is CN1O[C@](C)(C=O)CC1c1ccc(Br)cc1. The van der Waals surface area contributed by atoms with E-state index in [4.69, 9.17) is 4.84 Å². The van der Waals surface area contributed by atoms with Crippen molar-refractivity contribution in [2.45, 2.75) is 25.0 Å². The Morgan fingerprint density at radius 2 is 2.12 bits per heavy atom. The van der Waals surface area contributed by atoms with Gasteiger partial charge in [-0.15, -0.1) is 0 Å². The van der Waals surface area contributed by atoms with Gasteiger partial charge in [0.05, 0.1) is 6.04 Å². The molecule has 1 aliphatic rings. The maximum absolute atomic E-state index is 10.9. The molecule has 86 valence electrons. The Labute approximate surface area is 103 Å². The predicted molar refractivity (Wildman–Crippen MR) is 64.8 cm³/mol. The lowest BCUT2D eigenvalue weighted by molar-refractivity contribution is -0.182. The molecular weight excluding hydrogens is 270 g/mol. The zero-order valence-electron chi connectivity index (χ0n) is 9.31. The zero-order valence-corrected chi connectivity index (χ0v) is 10.9. The van der Waals surface area contributed by atoms with E-state index in [1.807, 2.05) is 38.2 Å². The van der Waals surface area contributed by atoms with Crippen LogP contribution in [0, 0.1) is 0 Å². The summed E-state index contributed by atoms with van der Waals surface area (Å²) < 4.78 is 1.05. The molecule has 0 aliphatic carbocycles. The van der Waals surface area contributed by atoms with Crippen molar-refractivity contribution in [1.29, 1.82) is 0 Å². The minimum atomic E-state index is -0.688. The highest BCUT2D eigenvalue weighted by Gasteiger charge is 2.41. The Kier molecular flexibility index (Phi) is 3.15. The molecule has 3 nitrogen and oxygen atoms in total. The van der Waals surface area contributed by atoms with E-state index in [9.17, 15) is 4.79 Å². The van der Waals surface area contributed by atoms with Crippen molar-refractivity contribution in [3.8, 4) is 0 Å². The molecule has 0 bridgehead atoms. The predicted octanol–water partition coefficient (Wildman–Crippen LogP) is 2.71. The molecule has 1 heterocycles. The Hall–Kier alpha value is -0.710. The van der Waals surface area contributed by atoms with Crippen LogP contribution >= 0.6 is 15.9 Å². The number of hydrogen-bond donors (Lipinski definition) is 0. The summed E-state index contributed by atoms with van der Waals surface area (Å²) in [6.07, 6.45) is 1.57. The van der Waals surface area contributed by atoms with E-state index >= 15 is 0 Å². The zero-order chi connectivity index (χ0) is 11.8. The summed E-state index contributed by atoms with van der Waals surface area (Å²) in [5, 5.41) is 1.76. The number of benzene rings is 1. The summed E-state index contributed by atoms with van der Waals surface area (Å²) >= 11 is 3.40. The Balaban J connectivity index is 2.23. The van der Waals surface area contributed by atoms with Crippen molar-refractivity contribution in [3.05, 3.63) is 34.3 Å². The minimum Gasteiger partial charge on any atom is -0.300 e. The Morgan fingerprint density at radius 1 is 1.50 bits per heavy atom. The second-order valence-electron chi connectivity index (χ2n) is 4.34. The fourth-order valence-corrected chi connectivity index (χ4v) is 2.29. The summed E-state index contributed by atoms with van der Waals surface area (Å²) in [4.78, 5) is 16.5. The molecule has 16 heavy (non-hydrogen) atoms. The van der Waals surface area contributed by atoms with Crippen molar-refractivity contribution < 1.29 is 9.63 Å². The van der Waals surface area contributed by atoms with Crippen LogP contribution < -0.4 is 0 Å². The third-order valence-corrected chi connectivity index (χ3v) is 3.42. The first kappa shape index (κ1) is 11.8. The van der Waals surface area contributed by atoms with Gasteiger partial charge in [0.15, 0.2) is 6.29 Å². The van der Waals surface area contributed by atoms with E-state index in [2.05, 4.69) is 15.9 Å². The summed E-state index contributed by atoms with van der Waals surface area (Å²) in [7, 11) is 1.86.